The summed E-state index contributed by atoms with van der Waals surface area (Å²) in [6, 6.07) is 7.54. The van der Waals surface area contributed by atoms with Gasteiger partial charge in [0.05, 0.1) is 21.6 Å². The van der Waals surface area contributed by atoms with Crippen LogP contribution in [0.4, 0.5) is 0 Å². The Labute approximate surface area is 125 Å². The highest BCUT2D eigenvalue weighted by molar-refractivity contribution is 7.14. The average Bonchev–Trinajstić information content (AvgIpc) is 3.01. The Morgan fingerprint density at radius 1 is 1.50 bits per heavy atom. The lowest BCUT2D eigenvalue weighted by atomic mass is 10.2. The summed E-state index contributed by atoms with van der Waals surface area (Å²) in [5.74, 6) is -0.111. The molecule has 0 aromatic carbocycles. The zero-order valence-electron chi connectivity index (χ0n) is 10.8. The minimum atomic E-state index is -0.111. The molecule has 20 heavy (non-hydrogen) atoms. The van der Waals surface area contributed by atoms with Gasteiger partial charge in [0.1, 0.15) is 0 Å². The fourth-order valence-corrected chi connectivity index (χ4v) is 3.08. The number of thiophene rings is 1. The van der Waals surface area contributed by atoms with Gasteiger partial charge in [0.25, 0.3) is 5.91 Å². The van der Waals surface area contributed by atoms with Crippen LogP contribution in [0.2, 0.25) is 5.02 Å². The van der Waals surface area contributed by atoms with Crippen molar-refractivity contribution >= 4 is 34.4 Å². The summed E-state index contributed by atoms with van der Waals surface area (Å²) in [6.07, 6.45) is 3.64. The van der Waals surface area contributed by atoms with Crippen molar-refractivity contribution in [3.63, 3.8) is 0 Å². The van der Waals surface area contributed by atoms with Crippen molar-refractivity contribution < 1.29 is 4.79 Å². The first-order valence-electron chi connectivity index (χ1n) is 6.10. The van der Waals surface area contributed by atoms with Crippen LogP contribution in [-0.2, 0) is 6.54 Å². The van der Waals surface area contributed by atoms with Gasteiger partial charge in [0.2, 0.25) is 0 Å². The molecule has 102 valence electrons. The van der Waals surface area contributed by atoms with E-state index >= 15 is 0 Å². The van der Waals surface area contributed by atoms with Gasteiger partial charge in [-0.05, 0) is 25.1 Å². The first-order chi connectivity index (χ1) is 9.65. The number of pyridine rings is 1. The normalized spacial score (nSPS) is 10.9. The van der Waals surface area contributed by atoms with Crippen molar-refractivity contribution in [1.29, 1.82) is 0 Å². The van der Waals surface area contributed by atoms with E-state index in [2.05, 4.69) is 10.4 Å². The van der Waals surface area contributed by atoms with Crippen molar-refractivity contribution in [2.45, 2.75) is 13.5 Å². The number of aromatic nitrogens is 2. The molecule has 0 aliphatic heterocycles. The monoisotopic (exact) mass is 305 g/mol. The van der Waals surface area contributed by atoms with E-state index in [1.807, 2.05) is 31.3 Å². The molecule has 3 rings (SSSR count). The number of halogens is 1. The number of rotatable bonds is 3. The summed E-state index contributed by atoms with van der Waals surface area (Å²) in [6.45, 7) is 2.34. The zero-order chi connectivity index (χ0) is 14.1. The van der Waals surface area contributed by atoms with Crippen LogP contribution in [0.5, 0.6) is 0 Å². The number of hydrogen-bond acceptors (Lipinski definition) is 3. The van der Waals surface area contributed by atoms with E-state index in [1.54, 1.807) is 16.8 Å². The largest absolute Gasteiger partial charge is 0.347 e. The van der Waals surface area contributed by atoms with Crippen molar-refractivity contribution in [2.24, 2.45) is 0 Å². The Balaban J connectivity index is 1.74. The summed E-state index contributed by atoms with van der Waals surface area (Å²) in [4.78, 5) is 13.6. The molecular weight excluding hydrogens is 294 g/mol. The van der Waals surface area contributed by atoms with Gasteiger partial charge in [0, 0.05) is 23.2 Å². The maximum Gasteiger partial charge on any atom is 0.261 e. The van der Waals surface area contributed by atoms with Crippen LogP contribution in [0.3, 0.4) is 0 Å². The molecule has 0 fully saturated rings. The number of hydrogen-bond donors (Lipinski definition) is 1. The molecular formula is C14H12ClN3OS. The standard InChI is InChI=1S/C14H12ClN3OS/c1-9-11(15)6-13(20-9)14(19)16-7-10-8-17-18-5-3-2-4-12(10)18/h2-6,8H,7H2,1H3,(H,16,19). The zero-order valence-corrected chi connectivity index (χ0v) is 12.3. The van der Waals surface area contributed by atoms with Gasteiger partial charge in [-0.2, -0.15) is 5.10 Å². The molecule has 0 aliphatic carbocycles. The minimum absolute atomic E-state index is 0.111. The van der Waals surface area contributed by atoms with E-state index in [-0.39, 0.29) is 5.91 Å². The van der Waals surface area contributed by atoms with Gasteiger partial charge in [-0.25, -0.2) is 4.52 Å². The Hall–Kier alpha value is -1.85. The lowest BCUT2D eigenvalue weighted by Crippen LogP contribution is -2.21. The Bertz CT molecular complexity index is 758. The van der Waals surface area contributed by atoms with E-state index in [0.717, 1.165) is 16.0 Å². The van der Waals surface area contributed by atoms with Crippen molar-refractivity contribution in [3.8, 4) is 0 Å². The van der Waals surface area contributed by atoms with Gasteiger partial charge >= 0.3 is 0 Å². The third-order valence-corrected chi connectivity index (χ3v) is 4.58. The van der Waals surface area contributed by atoms with Crippen LogP contribution in [0.25, 0.3) is 5.52 Å². The van der Waals surface area contributed by atoms with E-state index in [4.69, 9.17) is 11.6 Å². The number of fused-ring (bicyclic) bond motifs is 1. The molecule has 0 aliphatic rings. The lowest BCUT2D eigenvalue weighted by molar-refractivity contribution is 0.0955. The summed E-state index contributed by atoms with van der Waals surface area (Å²) in [5.41, 5.74) is 1.98. The third-order valence-electron chi connectivity index (χ3n) is 3.03. The fraction of sp³-hybridized carbons (Fsp3) is 0.143. The second kappa shape index (κ2) is 5.26. The molecule has 1 N–H and O–H groups in total. The highest BCUT2D eigenvalue weighted by atomic mass is 35.5. The number of aryl methyl sites for hydroxylation is 1. The Morgan fingerprint density at radius 2 is 2.35 bits per heavy atom. The molecule has 0 saturated carbocycles. The number of nitrogens with one attached hydrogen (secondary N) is 1. The van der Waals surface area contributed by atoms with Gasteiger partial charge in [-0.1, -0.05) is 17.7 Å². The molecule has 0 saturated heterocycles. The highest BCUT2D eigenvalue weighted by Gasteiger charge is 2.12. The molecule has 6 heteroatoms. The van der Waals surface area contributed by atoms with Crippen molar-refractivity contribution in [3.05, 3.63) is 57.0 Å². The van der Waals surface area contributed by atoms with Crippen LogP contribution in [0, 0.1) is 6.92 Å². The number of carbonyl (C=O) groups excluding carboxylic acids is 1. The van der Waals surface area contributed by atoms with E-state index in [0.29, 0.717) is 16.4 Å². The molecule has 0 radical (unpaired) electrons. The van der Waals surface area contributed by atoms with Gasteiger partial charge in [-0.3, -0.25) is 4.79 Å². The summed E-state index contributed by atoms with van der Waals surface area (Å²) >= 11 is 7.37. The van der Waals surface area contributed by atoms with Crippen LogP contribution in [-0.4, -0.2) is 15.5 Å². The third kappa shape index (κ3) is 2.42. The topological polar surface area (TPSA) is 46.4 Å². The first kappa shape index (κ1) is 13.1. The van der Waals surface area contributed by atoms with E-state index < -0.39 is 0 Å². The molecule has 3 aromatic rings. The lowest BCUT2D eigenvalue weighted by Gasteiger charge is -2.02. The first-order valence-corrected chi connectivity index (χ1v) is 7.30. The number of amides is 1. The predicted molar refractivity (Wildman–Crippen MR) is 80.4 cm³/mol. The predicted octanol–water partition coefficient (Wildman–Crippen LogP) is 3.29. The summed E-state index contributed by atoms with van der Waals surface area (Å²) in [5, 5.41) is 7.76. The van der Waals surface area contributed by atoms with E-state index in [1.165, 1.54) is 11.3 Å². The Kier molecular flexibility index (Phi) is 3.46. The number of carbonyl (C=O) groups is 1. The Morgan fingerprint density at radius 3 is 3.10 bits per heavy atom. The fourth-order valence-electron chi connectivity index (χ4n) is 1.96. The maximum absolute atomic E-state index is 12.1. The average molecular weight is 306 g/mol. The van der Waals surface area contributed by atoms with Crippen molar-refractivity contribution in [2.75, 3.05) is 0 Å². The van der Waals surface area contributed by atoms with Gasteiger partial charge in [-0.15, -0.1) is 11.3 Å². The number of nitrogens with zero attached hydrogens (tertiary/aromatic N) is 2. The summed E-state index contributed by atoms with van der Waals surface area (Å²) in [7, 11) is 0. The second-order valence-electron chi connectivity index (χ2n) is 4.40. The molecule has 0 atom stereocenters. The quantitative estimate of drug-likeness (QED) is 0.807. The molecule has 4 nitrogen and oxygen atoms in total. The summed E-state index contributed by atoms with van der Waals surface area (Å²) < 4.78 is 1.79. The van der Waals surface area contributed by atoms with E-state index in [9.17, 15) is 4.79 Å². The smallest absolute Gasteiger partial charge is 0.261 e. The maximum atomic E-state index is 12.1. The molecule has 3 aromatic heterocycles. The molecule has 3 heterocycles. The van der Waals surface area contributed by atoms with Crippen LogP contribution < -0.4 is 5.32 Å². The van der Waals surface area contributed by atoms with Crippen LogP contribution in [0.1, 0.15) is 20.1 Å². The van der Waals surface area contributed by atoms with Crippen molar-refractivity contribution in [1.82, 2.24) is 14.9 Å². The van der Waals surface area contributed by atoms with Gasteiger partial charge in [0.15, 0.2) is 0 Å². The highest BCUT2D eigenvalue weighted by Crippen LogP contribution is 2.25. The second-order valence-corrected chi connectivity index (χ2v) is 6.06. The SMILES string of the molecule is Cc1sc(C(=O)NCc2cnn3ccccc23)cc1Cl. The minimum Gasteiger partial charge on any atom is -0.347 e. The van der Waals surface area contributed by atoms with Crippen LogP contribution >= 0.6 is 22.9 Å². The molecule has 0 bridgehead atoms. The van der Waals surface area contributed by atoms with Gasteiger partial charge < -0.3 is 5.32 Å². The molecule has 0 unspecified atom stereocenters. The van der Waals surface area contributed by atoms with Crippen LogP contribution in [0.15, 0.2) is 36.7 Å². The molecule has 1 amide bonds. The molecule has 0 spiro atoms.